The van der Waals surface area contributed by atoms with E-state index in [4.69, 9.17) is 27.5 Å². The molecule has 7 heteroatoms. The first-order valence-electron chi connectivity index (χ1n) is 3.64. The van der Waals surface area contributed by atoms with Crippen molar-refractivity contribution in [3.05, 3.63) is 29.1 Å². The van der Waals surface area contributed by atoms with Crippen molar-refractivity contribution in [2.75, 3.05) is 0 Å². The van der Waals surface area contributed by atoms with E-state index in [9.17, 15) is 12.8 Å². The molecular weight excluding hydrogens is 264 g/mol. The predicted molar refractivity (Wildman–Crippen MR) is 53.7 cm³/mol. The molecule has 0 atom stereocenters. The summed E-state index contributed by atoms with van der Waals surface area (Å²) in [4.78, 5) is -0.713. The Balaban J connectivity index is 3.59. The molecule has 0 radical (unpaired) electrons. The molecule has 0 aliphatic rings. The van der Waals surface area contributed by atoms with Crippen LogP contribution in [-0.4, -0.2) is 8.42 Å². The van der Waals surface area contributed by atoms with E-state index >= 15 is 0 Å². The third kappa shape index (κ3) is 2.40. The van der Waals surface area contributed by atoms with E-state index in [-0.39, 0.29) is 11.4 Å². The van der Waals surface area contributed by atoms with Crippen LogP contribution in [0.5, 0.6) is 0 Å². The van der Waals surface area contributed by atoms with Crippen molar-refractivity contribution < 1.29 is 12.8 Å². The topological polar surface area (TPSA) is 57.9 Å². The van der Waals surface area contributed by atoms with Crippen LogP contribution in [0.1, 0.15) is 11.1 Å². The van der Waals surface area contributed by atoms with Crippen LogP contribution in [0.4, 0.5) is 4.39 Å². The predicted octanol–water partition coefficient (Wildman–Crippen LogP) is 2.36. The maximum Gasteiger partial charge on any atom is 0.264 e. The van der Waals surface area contributed by atoms with Crippen LogP contribution in [0, 0.1) is 17.1 Å². The lowest BCUT2D eigenvalue weighted by Crippen LogP contribution is -2.01. The van der Waals surface area contributed by atoms with Gasteiger partial charge in [0.05, 0.1) is 5.56 Å². The summed E-state index contributed by atoms with van der Waals surface area (Å²) < 4.78 is 35.3. The third-order valence-corrected chi connectivity index (χ3v) is 3.34. The van der Waals surface area contributed by atoms with E-state index in [0.717, 1.165) is 6.07 Å². The maximum atomic E-state index is 13.5. The number of nitriles is 1. The Morgan fingerprint density at radius 3 is 2.47 bits per heavy atom. The highest BCUT2D eigenvalue weighted by molar-refractivity contribution is 8.13. The Hall–Kier alpha value is -0.830. The van der Waals surface area contributed by atoms with E-state index in [0.29, 0.717) is 0 Å². The number of rotatable bonds is 2. The van der Waals surface area contributed by atoms with Gasteiger partial charge in [-0.25, -0.2) is 12.8 Å². The largest absolute Gasteiger partial charge is 0.264 e. The Bertz CT molecular complexity index is 536. The molecule has 0 spiro atoms. The van der Waals surface area contributed by atoms with Gasteiger partial charge in [0.2, 0.25) is 0 Å². The second-order valence-electron chi connectivity index (χ2n) is 2.60. The normalized spacial score (nSPS) is 11.1. The van der Waals surface area contributed by atoms with Crippen molar-refractivity contribution in [1.29, 1.82) is 5.26 Å². The van der Waals surface area contributed by atoms with Gasteiger partial charge in [0.1, 0.15) is 11.0 Å². The number of hydrogen-bond acceptors (Lipinski definition) is 3. The van der Waals surface area contributed by atoms with Crippen LogP contribution in [0.25, 0.3) is 0 Å². The molecule has 0 N–H and O–H groups in total. The SMILES string of the molecule is N#Cc1c(CCl)ccc(S(=O)(=O)Cl)c1F. The molecule has 80 valence electrons. The molecule has 0 aliphatic heterocycles. The average molecular weight is 268 g/mol. The number of halogens is 3. The molecule has 1 rings (SSSR count). The lowest BCUT2D eigenvalue weighted by molar-refractivity contribution is 0.572. The van der Waals surface area contributed by atoms with Gasteiger partial charge in [-0.1, -0.05) is 6.07 Å². The van der Waals surface area contributed by atoms with Crippen LogP contribution >= 0.6 is 22.3 Å². The molecule has 0 saturated heterocycles. The van der Waals surface area contributed by atoms with Crippen molar-refractivity contribution in [3.63, 3.8) is 0 Å². The summed E-state index contributed by atoms with van der Waals surface area (Å²) in [7, 11) is 0.790. The van der Waals surface area contributed by atoms with Crippen molar-refractivity contribution in [1.82, 2.24) is 0 Å². The van der Waals surface area contributed by atoms with Crippen molar-refractivity contribution in [2.24, 2.45) is 0 Å². The molecule has 0 unspecified atom stereocenters. The van der Waals surface area contributed by atoms with E-state index in [1.165, 1.54) is 6.07 Å². The van der Waals surface area contributed by atoms with Crippen LogP contribution in [0.15, 0.2) is 17.0 Å². The fraction of sp³-hybridized carbons (Fsp3) is 0.125. The second kappa shape index (κ2) is 4.35. The summed E-state index contributed by atoms with van der Waals surface area (Å²) in [6.45, 7) is 0. The zero-order valence-corrected chi connectivity index (χ0v) is 9.50. The molecule has 0 heterocycles. The van der Waals surface area contributed by atoms with E-state index in [1.807, 2.05) is 0 Å². The van der Waals surface area contributed by atoms with E-state index in [2.05, 4.69) is 0 Å². The second-order valence-corrected chi connectivity index (χ2v) is 5.40. The maximum absolute atomic E-state index is 13.5. The van der Waals surface area contributed by atoms with Gasteiger partial charge < -0.3 is 0 Å². The standard InChI is InChI=1S/C8H4Cl2FNO2S/c9-3-5-1-2-7(15(10,13)14)8(11)6(5)4-12/h1-2H,3H2. The molecule has 0 amide bonds. The number of alkyl halides is 1. The van der Waals surface area contributed by atoms with Gasteiger partial charge in [0, 0.05) is 16.6 Å². The monoisotopic (exact) mass is 267 g/mol. The van der Waals surface area contributed by atoms with Crippen molar-refractivity contribution in [2.45, 2.75) is 10.8 Å². The highest BCUT2D eigenvalue weighted by Gasteiger charge is 2.21. The molecule has 3 nitrogen and oxygen atoms in total. The zero-order chi connectivity index (χ0) is 11.6. The Morgan fingerprint density at radius 1 is 1.47 bits per heavy atom. The first-order chi connectivity index (χ1) is 6.91. The third-order valence-electron chi connectivity index (χ3n) is 1.71. The van der Waals surface area contributed by atoms with Crippen molar-refractivity contribution >= 4 is 31.3 Å². The molecule has 0 fully saturated rings. The molecule has 1 aromatic rings. The van der Waals surface area contributed by atoms with Gasteiger partial charge in [0.15, 0.2) is 5.82 Å². The number of hydrogen-bond donors (Lipinski definition) is 0. The fourth-order valence-electron chi connectivity index (χ4n) is 1.02. The molecule has 0 aromatic heterocycles. The van der Waals surface area contributed by atoms with E-state index in [1.54, 1.807) is 6.07 Å². The lowest BCUT2D eigenvalue weighted by atomic mass is 10.1. The summed E-state index contributed by atoms with van der Waals surface area (Å²) in [5, 5.41) is 8.63. The van der Waals surface area contributed by atoms with Gasteiger partial charge in [-0.2, -0.15) is 5.26 Å². The molecule has 0 bridgehead atoms. The van der Waals surface area contributed by atoms with Gasteiger partial charge in [-0.15, -0.1) is 11.6 Å². The highest BCUT2D eigenvalue weighted by Crippen LogP contribution is 2.24. The minimum atomic E-state index is -4.19. The minimum absolute atomic E-state index is 0.0809. The van der Waals surface area contributed by atoms with Crippen molar-refractivity contribution in [3.8, 4) is 6.07 Å². The minimum Gasteiger partial charge on any atom is -0.207 e. The quantitative estimate of drug-likeness (QED) is 0.611. The van der Waals surface area contributed by atoms with Gasteiger partial charge in [-0.3, -0.25) is 0 Å². The van der Waals surface area contributed by atoms with Gasteiger partial charge in [-0.05, 0) is 11.6 Å². The summed E-state index contributed by atoms with van der Waals surface area (Å²) in [5.41, 5.74) is -0.174. The molecule has 15 heavy (non-hydrogen) atoms. The smallest absolute Gasteiger partial charge is 0.207 e. The van der Waals surface area contributed by atoms with Gasteiger partial charge in [0.25, 0.3) is 9.05 Å². The Morgan fingerprint density at radius 2 is 2.07 bits per heavy atom. The van der Waals surface area contributed by atoms with Crippen LogP contribution < -0.4 is 0 Å². The fourth-order valence-corrected chi connectivity index (χ4v) is 2.14. The van der Waals surface area contributed by atoms with Crippen LogP contribution in [-0.2, 0) is 14.9 Å². The Labute approximate surface area is 95.5 Å². The molecule has 1 aromatic carbocycles. The zero-order valence-electron chi connectivity index (χ0n) is 7.17. The van der Waals surface area contributed by atoms with Crippen LogP contribution in [0.2, 0.25) is 0 Å². The molecule has 0 aliphatic carbocycles. The average Bonchev–Trinajstić information content (AvgIpc) is 2.15. The highest BCUT2D eigenvalue weighted by atomic mass is 35.7. The molecule has 0 saturated carbocycles. The summed E-state index contributed by atoms with van der Waals surface area (Å²) in [6.07, 6.45) is 0. The Kier molecular flexibility index (Phi) is 3.55. The molecular formula is C8H4Cl2FNO2S. The summed E-state index contributed by atoms with van der Waals surface area (Å²) in [6, 6.07) is 3.78. The first-order valence-corrected chi connectivity index (χ1v) is 6.48. The van der Waals surface area contributed by atoms with Gasteiger partial charge >= 0.3 is 0 Å². The van der Waals surface area contributed by atoms with Crippen LogP contribution in [0.3, 0.4) is 0 Å². The first kappa shape index (κ1) is 12.2. The van der Waals surface area contributed by atoms with E-state index < -0.39 is 25.3 Å². The number of benzene rings is 1. The number of nitrogens with zero attached hydrogens (tertiary/aromatic N) is 1. The summed E-state index contributed by atoms with van der Waals surface area (Å²) in [5.74, 6) is -1.24. The summed E-state index contributed by atoms with van der Waals surface area (Å²) >= 11 is 5.45. The lowest BCUT2D eigenvalue weighted by Gasteiger charge is -2.04.